The van der Waals surface area contributed by atoms with Gasteiger partial charge < -0.3 is 19.9 Å². The van der Waals surface area contributed by atoms with Gasteiger partial charge in [0.25, 0.3) is 0 Å². The molecule has 3 heterocycles. The molecule has 0 fully saturated rings. The van der Waals surface area contributed by atoms with Crippen molar-refractivity contribution in [3.63, 3.8) is 0 Å². The van der Waals surface area contributed by atoms with Crippen LogP contribution in [0.1, 0.15) is 31.4 Å². The standard InChI is InChI=1S/C27H27F2N7O/c1-3-5-18-12-23(32-15-18)33-25-14-24(31-6-4-8-36-9-7-30-16-36)34-27(35-25)37-22-13-21(28)19-10-17(2)11-20(19)26(22)29/h3,5,7,9,11-14,16H,4,6,8,10,15H2,1-2H3,(H2,31,32,33,34,35)/b5-3+. The molecule has 1 aromatic carbocycles. The van der Waals surface area contributed by atoms with Crippen LogP contribution in [0.4, 0.5) is 20.4 Å². The number of halogens is 2. The van der Waals surface area contributed by atoms with Gasteiger partial charge in [0.2, 0.25) is 0 Å². The molecule has 1 aliphatic heterocycles. The van der Waals surface area contributed by atoms with E-state index < -0.39 is 11.6 Å². The Hall–Kier alpha value is -4.34. The van der Waals surface area contributed by atoms with Crippen molar-refractivity contribution in [2.24, 2.45) is 4.99 Å². The summed E-state index contributed by atoms with van der Waals surface area (Å²) in [5, 5.41) is 6.41. The van der Waals surface area contributed by atoms with Crippen LogP contribution in [0, 0.1) is 11.6 Å². The topological polar surface area (TPSA) is 89.2 Å². The van der Waals surface area contributed by atoms with Crippen molar-refractivity contribution in [2.45, 2.75) is 33.2 Å². The summed E-state index contributed by atoms with van der Waals surface area (Å²) in [6.45, 7) is 5.75. The molecule has 8 nitrogen and oxygen atoms in total. The minimum absolute atomic E-state index is 0.115. The lowest BCUT2D eigenvalue weighted by atomic mass is 10.1. The fourth-order valence-electron chi connectivity index (χ4n) is 4.23. The second kappa shape index (κ2) is 10.7. The molecule has 10 heteroatoms. The van der Waals surface area contributed by atoms with Crippen LogP contribution in [0.3, 0.4) is 0 Å². The predicted molar refractivity (Wildman–Crippen MR) is 140 cm³/mol. The first kappa shape index (κ1) is 24.4. The second-order valence-corrected chi connectivity index (χ2v) is 8.88. The monoisotopic (exact) mass is 503 g/mol. The van der Waals surface area contributed by atoms with E-state index >= 15 is 4.39 Å². The van der Waals surface area contributed by atoms with Gasteiger partial charge in [-0.05, 0) is 38.3 Å². The minimum Gasteiger partial charge on any atom is -0.421 e. The van der Waals surface area contributed by atoms with E-state index in [1.807, 2.05) is 42.8 Å². The lowest BCUT2D eigenvalue weighted by Gasteiger charge is -2.13. The fraction of sp³-hybridized carbons (Fsp3) is 0.259. The second-order valence-electron chi connectivity index (χ2n) is 8.88. The Morgan fingerprint density at radius 3 is 2.84 bits per heavy atom. The van der Waals surface area contributed by atoms with Crippen molar-refractivity contribution >= 4 is 23.5 Å². The van der Waals surface area contributed by atoms with Crippen LogP contribution in [0.5, 0.6) is 11.8 Å². The number of hydrogen-bond acceptors (Lipinski definition) is 7. The van der Waals surface area contributed by atoms with E-state index in [2.05, 4.69) is 30.6 Å². The molecule has 0 bridgehead atoms. The molecule has 5 rings (SSSR count). The van der Waals surface area contributed by atoms with Crippen LogP contribution in [0.15, 0.2) is 65.2 Å². The summed E-state index contributed by atoms with van der Waals surface area (Å²) >= 11 is 0. The van der Waals surface area contributed by atoms with E-state index in [0.717, 1.165) is 30.2 Å². The van der Waals surface area contributed by atoms with Crippen molar-refractivity contribution in [3.8, 4) is 11.8 Å². The predicted octanol–water partition coefficient (Wildman–Crippen LogP) is 5.53. The number of fused-ring (bicyclic) bond motifs is 1. The molecule has 0 unspecified atom stereocenters. The van der Waals surface area contributed by atoms with Crippen LogP contribution in [-0.4, -0.2) is 38.4 Å². The number of allylic oxidation sites excluding steroid dienone is 2. The summed E-state index contributed by atoms with van der Waals surface area (Å²) < 4.78 is 37.5. The third-order valence-corrected chi connectivity index (χ3v) is 5.93. The molecular formula is C27H27F2N7O. The number of ether oxygens (including phenoxy) is 1. The van der Waals surface area contributed by atoms with E-state index in [0.29, 0.717) is 42.5 Å². The fourth-order valence-corrected chi connectivity index (χ4v) is 4.23. The largest absolute Gasteiger partial charge is 0.421 e. The van der Waals surface area contributed by atoms with Crippen LogP contribution in [0.25, 0.3) is 6.08 Å². The number of nitrogens with one attached hydrogen (secondary N) is 2. The average molecular weight is 504 g/mol. The molecule has 0 radical (unpaired) electrons. The van der Waals surface area contributed by atoms with Crippen molar-refractivity contribution < 1.29 is 13.5 Å². The molecule has 0 saturated carbocycles. The molecule has 37 heavy (non-hydrogen) atoms. The van der Waals surface area contributed by atoms with Gasteiger partial charge in [-0.3, -0.25) is 4.99 Å². The van der Waals surface area contributed by atoms with Gasteiger partial charge in [0.15, 0.2) is 11.6 Å². The van der Waals surface area contributed by atoms with Gasteiger partial charge in [-0.15, -0.1) is 0 Å². The highest BCUT2D eigenvalue weighted by molar-refractivity contribution is 6.05. The van der Waals surface area contributed by atoms with E-state index in [1.165, 1.54) is 0 Å². The van der Waals surface area contributed by atoms with Crippen molar-refractivity contribution in [2.75, 3.05) is 23.7 Å². The first-order chi connectivity index (χ1) is 18.0. The first-order valence-corrected chi connectivity index (χ1v) is 12.1. The van der Waals surface area contributed by atoms with Crippen LogP contribution in [0.2, 0.25) is 0 Å². The van der Waals surface area contributed by atoms with Crippen LogP contribution in [-0.2, 0) is 13.0 Å². The van der Waals surface area contributed by atoms with Gasteiger partial charge in [0.05, 0.1) is 12.9 Å². The number of rotatable bonds is 9. The molecule has 2 aliphatic rings. The maximum atomic E-state index is 15.2. The Morgan fingerprint density at radius 2 is 2.03 bits per heavy atom. The molecule has 190 valence electrons. The molecule has 0 amide bonds. The highest BCUT2D eigenvalue weighted by Crippen LogP contribution is 2.36. The highest BCUT2D eigenvalue weighted by atomic mass is 19.1. The van der Waals surface area contributed by atoms with E-state index in [4.69, 9.17) is 4.74 Å². The van der Waals surface area contributed by atoms with E-state index in [-0.39, 0.29) is 17.3 Å². The van der Waals surface area contributed by atoms with Gasteiger partial charge in [0.1, 0.15) is 23.3 Å². The highest BCUT2D eigenvalue weighted by Gasteiger charge is 2.23. The number of nitrogens with zero attached hydrogens (tertiary/aromatic N) is 5. The van der Waals surface area contributed by atoms with Crippen LogP contribution < -0.4 is 15.4 Å². The number of imidazole rings is 1. The molecule has 0 saturated heterocycles. The van der Waals surface area contributed by atoms with Gasteiger partial charge >= 0.3 is 6.01 Å². The lowest BCUT2D eigenvalue weighted by molar-refractivity contribution is 0.406. The van der Waals surface area contributed by atoms with Crippen LogP contribution >= 0.6 is 0 Å². The zero-order chi connectivity index (χ0) is 25.8. The molecule has 3 aromatic rings. The zero-order valence-corrected chi connectivity index (χ0v) is 20.6. The maximum absolute atomic E-state index is 15.2. The normalized spacial score (nSPS) is 14.4. The molecule has 0 spiro atoms. The SMILES string of the molecule is C/C=C/C1=CC(Nc2cc(NCCCn3ccnc3)nc(Oc3cc(F)c4c(c3F)C=C(C)C4)n2)=NC1. The number of anilines is 2. The summed E-state index contributed by atoms with van der Waals surface area (Å²) in [6, 6.07) is 2.66. The van der Waals surface area contributed by atoms with Gasteiger partial charge in [-0.1, -0.05) is 23.8 Å². The van der Waals surface area contributed by atoms with Crippen molar-refractivity contribution in [3.05, 3.63) is 83.0 Å². The average Bonchev–Trinajstić information content (AvgIpc) is 3.62. The summed E-state index contributed by atoms with van der Waals surface area (Å²) in [5.41, 5.74) is 2.49. The number of benzene rings is 1. The Balaban J connectivity index is 1.38. The molecule has 1 aliphatic carbocycles. The summed E-state index contributed by atoms with van der Waals surface area (Å²) in [5.74, 6) is 0.111. The lowest BCUT2D eigenvalue weighted by Crippen LogP contribution is -2.12. The number of aromatic nitrogens is 4. The summed E-state index contributed by atoms with van der Waals surface area (Å²) in [6.07, 6.45) is 14.1. The summed E-state index contributed by atoms with van der Waals surface area (Å²) in [7, 11) is 0. The maximum Gasteiger partial charge on any atom is 0.326 e. The van der Waals surface area contributed by atoms with Crippen molar-refractivity contribution in [1.82, 2.24) is 19.5 Å². The van der Waals surface area contributed by atoms with Crippen molar-refractivity contribution in [1.29, 1.82) is 0 Å². The number of aryl methyl sites for hydroxylation is 1. The number of hydrogen-bond donors (Lipinski definition) is 2. The van der Waals surface area contributed by atoms with E-state index in [9.17, 15) is 4.39 Å². The summed E-state index contributed by atoms with van der Waals surface area (Å²) in [4.78, 5) is 17.3. The Bertz CT molecular complexity index is 1430. The van der Waals surface area contributed by atoms with Gasteiger partial charge in [-0.2, -0.15) is 9.97 Å². The van der Waals surface area contributed by atoms with E-state index in [1.54, 1.807) is 24.7 Å². The minimum atomic E-state index is -0.635. The molecule has 2 N–H and O–H groups in total. The third kappa shape index (κ3) is 5.74. The Kier molecular flexibility index (Phi) is 7.07. The quantitative estimate of drug-likeness (QED) is 0.373. The number of aliphatic imine (C=N–C) groups is 1. The first-order valence-electron chi connectivity index (χ1n) is 12.1. The molecule has 0 atom stereocenters. The molecular weight excluding hydrogens is 476 g/mol. The molecule has 2 aromatic heterocycles. The van der Waals surface area contributed by atoms with Gasteiger partial charge in [0, 0.05) is 48.7 Å². The Morgan fingerprint density at radius 1 is 1.16 bits per heavy atom. The number of amidine groups is 1. The van der Waals surface area contributed by atoms with Gasteiger partial charge in [-0.25, -0.2) is 13.8 Å². The Labute approximate surface area is 213 Å². The zero-order valence-electron chi connectivity index (χ0n) is 20.6. The smallest absolute Gasteiger partial charge is 0.326 e. The third-order valence-electron chi connectivity index (χ3n) is 5.93.